The summed E-state index contributed by atoms with van der Waals surface area (Å²) in [5.41, 5.74) is 1.50. The average molecular weight is 296 g/mol. The van der Waals surface area contributed by atoms with Crippen LogP contribution in [0.25, 0.3) is 5.57 Å². The fourth-order valence-corrected chi connectivity index (χ4v) is 1.96. The second kappa shape index (κ2) is 6.58. The van der Waals surface area contributed by atoms with E-state index in [-0.39, 0.29) is 11.3 Å². The van der Waals surface area contributed by atoms with Crippen LogP contribution in [0, 0.1) is 0 Å². The van der Waals surface area contributed by atoms with Gasteiger partial charge in [0.15, 0.2) is 0 Å². The minimum atomic E-state index is -1.27. The molecule has 0 fully saturated rings. The van der Waals surface area contributed by atoms with Crippen molar-refractivity contribution in [2.24, 2.45) is 0 Å². The van der Waals surface area contributed by atoms with Gasteiger partial charge in [-0.25, -0.2) is 4.79 Å². The predicted octanol–water partition coefficient (Wildman–Crippen LogP) is 2.50. The number of allylic oxidation sites excluding steroid dienone is 1. The first-order chi connectivity index (χ1) is 10.5. The summed E-state index contributed by atoms with van der Waals surface area (Å²) in [6, 6.07) is 12.8. The molecule has 2 N–H and O–H groups in total. The van der Waals surface area contributed by atoms with E-state index in [1.54, 1.807) is 6.92 Å². The van der Waals surface area contributed by atoms with Crippen molar-refractivity contribution in [1.29, 1.82) is 0 Å². The molecule has 1 amide bonds. The number of carbonyl (C=O) groups is 2. The molecule has 0 unspecified atom stereocenters. The van der Waals surface area contributed by atoms with Crippen molar-refractivity contribution < 1.29 is 19.8 Å². The number of amides is 1. The number of carbonyl (C=O) groups excluding carboxylic acids is 1. The summed E-state index contributed by atoms with van der Waals surface area (Å²) < 4.78 is 0. The van der Waals surface area contributed by atoms with Crippen molar-refractivity contribution in [3.05, 3.63) is 65.7 Å². The Morgan fingerprint density at radius 2 is 1.82 bits per heavy atom. The second-order valence-electron chi connectivity index (χ2n) is 4.70. The third kappa shape index (κ3) is 3.73. The zero-order chi connectivity index (χ0) is 16.1. The highest BCUT2D eigenvalue weighted by atomic mass is 16.4. The number of aromatic carboxylic acids is 1. The number of hydrogen-bond acceptors (Lipinski definition) is 3. The Labute approximate surface area is 127 Å². The van der Waals surface area contributed by atoms with Crippen molar-refractivity contribution in [3.8, 4) is 5.75 Å². The summed E-state index contributed by atoms with van der Waals surface area (Å²) in [4.78, 5) is 23.1. The zero-order valence-electron chi connectivity index (χ0n) is 11.9. The van der Waals surface area contributed by atoms with E-state index in [0.29, 0.717) is 0 Å². The molecule has 2 rings (SSSR count). The molecule has 0 atom stereocenters. The Hall–Kier alpha value is -3.08. The molecule has 0 aliphatic carbocycles. The van der Waals surface area contributed by atoms with Crippen LogP contribution in [0.3, 0.4) is 0 Å². The maximum Gasteiger partial charge on any atom is 0.337 e. The Morgan fingerprint density at radius 3 is 2.45 bits per heavy atom. The molecule has 0 radical (unpaired) electrons. The van der Waals surface area contributed by atoms with Gasteiger partial charge in [-0.3, -0.25) is 4.79 Å². The highest BCUT2D eigenvalue weighted by Gasteiger charge is 2.11. The van der Waals surface area contributed by atoms with Crippen molar-refractivity contribution >= 4 is 23.1 Å². The first-order valence-corrected chi connectivity index (χ1v) is 6.56. The molecular weight excluding hydrogens is 282 g/mol. The molecule has 22 heavy (non-hydrogen) atoms. The van der Waals surface area contributed by atoms with Gasteiger partial charge in [-0.2, -0.15) is 0 Å². The van der Waals surface area contributed by atoms with E-state index in [4.69, 9.17) is 5.11 Å². The lowest BCUT2D eigenvalue weighted by molar-refractivity contribution is -0.268. The lowest BCUT2D eigenvalue weighted by atomic mass is 10.1. The molecular formula is C17H14NO4-. The Bertz CT molecular complexity index is 736. The molecule has 0 aliphatic rings. The number of hydrogen-bond donors (Lipinski definition) is 2. The lowest BCUT2D eigenvalue weighted by Crippen LogP contribution is -2.13. The molecule has 2 aromatic rings. The van der Waals surface area contributed by atoms with Crippen molar-refractivity contribution in [1.82, 2.24) is 0 Å². The van der Waals surface area contributed by atoms with Crippen LogP contribution in [0.4, 0.5) is 5.69 Å². The van der Waals surface area contributed by atoms with Crippen molar-refractivity contribution in [3.63, 3.8) is 0 Å². The monoisotopic (exact) mass is 296 g/mol. The van der Waals surface area contributed by atoms with Gasteiger partial charge in [-0.15, -0.1) is 5.75 Å². The number of benzene rings is 2. The number of nitrogens with one attached hydrogen (secondary N) is 1. The highest BCUT2D eigenvalue weighted by Crippen LogP contribution is 2.20. The van der Waals surface area contributed by atoms with Crippen LogP contribution in [0.15, 0.2) is 54.6 Å². The molecule has 112 valence electrons. The van der Waals surface area contributed by atoms with Crippen LogP contribution >= 0.6 is 0 Å². The van der Waals surface area contributed by atoms with Crippen molar-refractivity contribution in [2.45, 2.75) is 6.92 Å². The summed E-state index contributed by atoms with van der Waals surface area (Å²) in [7, 11) is 0. The molecule has 0 aliphatic heterocycles. The van der Waals surface area contributed by atoms with E-state index in [2.05, 4.69) is 5.32 Å². The fraction of sp³-hybridized carbons (Fsp3) is 0.0588. The Morgan fingerprint density at radius 1 is 1.14 bits per heavy atom. The highest BCUT2D eigenvalue weighted by molar-refractivity contribution is 6.07. The number of carboxylic acid groups (broad SMARTS) is 1. The maximum absolute atomic E-state index is 12.0. The average Bonchev–Trinajstić information content (AvgIpc) is 2.49. The predicted molar refractivity (Wildman–Crippen MR) is 81.6 cm³/mol. The summed E-state index contributed by atoms with van der Waals surface area (Å²) >= 11 is 0. The largest absolute Gasteiger partial charge is 0.872 e. The topological polar surface area (TPSA) is 89.5 Å². The van der Waals surface area contributed by atoms with E-state index >= 15 is 0 Å². The zero-order valence-corrected chi connectivity index (χ0v) is 11.9. The van der Waals surface area contributed by atoms with E-state index in [1.165, 1.54) is 18.2 Å². The summed E-state index contributed by atoms with van der Waals surface area (Å²) in [6.45, 7) is 1.79. The third-order valence-electron chi connectivity index (χ3n) is 3.06. The fourth-order valence-electron chi connectivity index (χ4n) is 1.96. The van der Waals surface area contributed by atoms with E-state index < -0.39 is 17.6 Å². The number of anilines is 1. The molecule has 0 spiro atoms. The summed E-state index contributed by atoms with van der Waals surface area (Å²) in [6.07, 6.45) is 1.38. The Kier molecular flexibility index (Phi) is 4.58. The van der Waals surface area contributed by atoms with Gasteiger partial charge in [0, 0.05) is 6.08 Å². The summed E-state index contributed by atoms with van der Waals surface area (Å²) in [5.74, 6) is -2.15. The standard InChI is InChI=1S/C17H15NO4/c1-11(12-5-3-2-4-6-12)9-16(20)18-15-8-7-13(19)10-14(15)17(21)22/h2-10,19H,1H3,(H,18,20)(H,21,22)/p-1/b11-9-. The minimum absolute atomic E-state index is 0.0919. The van der Waals surface area contributed by atoms with E-state index in [1.807, 2.05) is 30.3 Å². The molecule has 0 saturated carbocycles. The van der Waals surface area contributed by atoms with Crippen molar-refractivity contribution in [2.75, 3.05) is 5.32 Å². The van der Waals surface area contributed by atoms with Gasteiger partial charge in [0.2, 0.25) is 5.91 Å². The van der Waals surface area contributed by atoms with E-state index in [0.717, 1.165) is 17.2 Å². The normalized spacial score (nSPS) is 11.0. The van der Waals surface area contributed by atoms with Gasteiger partial charge in [0.25, 0.3) is 0 Å². The number of rotatable bonds is 4. The van der Waals surface area contributed by atoms with Gasteiger partial charge >= 0.3 is 5.97 Å². The summed E-state index contributed by atoms with van der Waals surface area (Å²) in [5, 5.41) is 22.7. The van der Waals surface area contributed by atoms with Crippen LogP contribution in [0.5, 0.6) is 5.75 Å². The lowest BCUT2D eigenvalue weighted by Gasteiger charge is -2.11. The van der Waals surface area contributed by atoms with Gasteiger partial charge in [0.1, 0.15) is 0 Å². The number of carboxylic acids is 1. The second-order valence-corrected chi connectivity index (χ2v) is 4.70. The van der Waals surface area contributed by atoms with Crippen LogP contribution in [0.1, 0.15) is 22.8 Å². The van der Waals surface area contributed by atoms with Crippen LogP contribution in [-0.4, -0.2) is 17.0 Å². The van der Waals surface area contributed by atoms with Gasteiger partial charge in [-0.05, 0) is 24.1 Å². The van der Waals surface area contributed by atoms with Crippen LogP contribution in [-0.2, 0) is 4.79 Å². The van der Waals surface area contributed by atoms with Crippen LogP contribution in [0.2, 0.25) is 0 Å². The van der Waals surface area contributed by atoms with Crippen LogP contribution < -0.4 is 10.4 Å². The van der Waals surface area contributed by atoms with Gasteiger partial charge < -0.3 is 15.5 Å². The first kappa shape index (κ1) is 15.3. The minimum Gasteiger partial charge on any atom is -0.872 e. The third-order valence-corrected chi connectivity index (χ3v) is 3.06. The van der Waals surface area contributed by atoms with Gasteiger partial charge in [0.05, 0.1) is 11.3 Å². The molecule has 5 nitrogen and oxygen atoms in total. The quantitative estimate of drug-likeness (QED) is 0.848. The SMILES string of the molecule is C/C(=C/C(=O)Nc1ccc([O-])cc1C(=O)O)c1ccccc1. The van der Waals surface area contributed by atoms with Gasteiger partial charge in [-0.1, -0.05) is 42.5 Å². The first-order valence-electron chi connectivity index (χ1n) is 6.56. The maximum atomic E-state index is 12.0. The molecule has 5 heteroatoms. The molecule has 2 aromatic carbocycles. The van der Waals surface area contributed by atoms with E-state index in [9.17, 15) is 14.7 Å². The molecule has 0 bridgehead atoms. The molecule has 0 heterocycles. The smallest absolute Gasteiger partial charge is 0.337 e. The Balaban J connectivity index is 2.21. The molecule has 0 saturated heterocycles. The molecule has 0 aromatic heterocycles.